The van der Waals surface area contributed by atoms with Gasteiger partial charge in [0.15, 0.2) is 6.54 Å². The maximum atomic E-state index is 12.7. The number of likely N-dealkylation sites (N-methyl/N-ethyl adjacent to an activating group) is 1. The largest absolute Gasteiger partial charge is 0.495 e. The minimum Gasteiger partial charge on any atom is -0.495 e. The molecule has 1 saturated heterocycles. The van der Waals surface area contributed by atoms with E-state index >= 15 is 0 Å². The van der Waals surface area contributed by atoms with Crippen molar-refractivity contribution in [2.75, 3.05) is 51.8 Å². The minimum absolute atomic E-state index is 0.171. The Morgan fingerprint density at radius 3 is 2.66 bits per heavy atom. The highest BCUT2D eigenvalue weighted by molar-refractivity contribution is 7.18. The van der Waals surface area contributed by atoms with E-state index in [4.69, 9.17) is 4.74 Å². The number of thiazole rings is 1. The first kappa shape index (κ1) is 19.7. The average Bonchev–Trinajstić information content (AvgIpc) is 3.16. The molecular formula is C22H27N4O2S+. The number of ether oxygens (including phenoxy) is 1. The first-order valence-corrected chi connectivity index (χ1v) is 10.8. The Morgan fingerprint density at radius 1 is 1.17 bits per heavy atom. The summed E-state index contributed by atoms with van der Waals surface area (Å²) >= 11 is 1.66. The van der Waals surface area contributed by atoms with Gasteiger partial charge in [0, 0.05) is 7.05 Å². The van der Waals surface area contributed by atoms with Gasteiger partial charge in [-0.25, -0.2) is 4.98 Å². The van der Waals surface area contributed by atoms with E-state index in [2.05, 4.69) is 22.0 Å². The van der Waals surface area contributed by atoms with Crippen LogP contribution in [0.2, 0.25) is 0 Å². The number of nitrogens with zero attached hydrogens (tertiary/aromatic N) is 3. The van der Waals surface area contributed by atoms with Crippen molar-refractivity contribution in [3.05, 3.63) is 53.5 Å². The van der Waals surface area contributed by atoms with Crippen LogP contribution in [-0.2, 0) is 11.3 Å². The van der Waals surface area contributed by atoms with Gasteiger partial charge in [0.25, 0.3) is 5.91 Å². The number of aromatic nitrogens is 1. The van der Waals surface area contributed by atoms with Gasteiger partial charge < -0.3 is 19.4 Å². The Kier molecular flexibility index (Phi) is 5.97. The van der Waals surface area contributed by atoms with E-state index in [0.717, 1.165) is 48.1 Å². The summed E-state index contributed by atoms with van der Waals surface area (Å²) in [4.78, 5) is 22.9. The van der Waals surface area contributed by atoms with Crippen LogP contribution in [0.25, 0.3) is 10.2 Å². The topological polar surface area (TPSA) is 50.1 Å². The highest BCUT2D eigenvalue weighted by Gasteiger charge is 2.25. The third kappa shape index (κ3) is 4.52. The van der Waals surface area contributed by atoms with Gasteiger partial charge in [-0.05, 0) is 24.3 Å². The second-order valence-corrected chi connectivity index (χ2v) is 8.53. The van der Waals surface area contributed by atoms with E-state index in [1.807, 2.05) is 43.4 Å². The number of para-hydroxylation sites is 3. The number of carbonyl (C=O) groups excluding carboxylic acids is 1. The highest BCUT2D eigenvalue weighted by Crippen LogP contribution is 2.27. The molecule has 1 aliphatic rings. The summed E-state index contributed by atoms with van der Waals surface area (Å²) in [6, 6.07) is 16.2. The van der Waals surface area contributed by atoms with Crippen molar-refractivity contribution < 1.29 is 14.4 Å². The predicted octanol–water partition coefficient (Wildman–Crippen LogP) is 1.67. The van der Waals surface area contributed by atoms with Gasteiger partial charge in [-0.3, -0.25) is 4.79 Å². The fraction of sp³-hybridized carbons (Fsp3) is 0.364. The summed E-state index contributed by atoms with van der Waals surface area (Å²) in [5, 5.41) is 0.984. The molecule has 152 valence electrons. The van der Waals surface area contributed by atoms with E-state index < -0.39 is 0 Å². The fourth-order valence-electron chi connectivity index (χ4n) is 3.76. The van der Waals surface area contributed by atoms with Crippen molar-refractivity contribution >= 4 is 33.1 Å². The number of methoxy groups -OCH3 is 1. The molecule has 1 fully saturated rings. The summed E-state index contributed by atoms with van der Waals surface area (Å²) in [5.41, 5.74) is 2.14. The fourth-order valence-corrected chi connectivity index (χ4v) is 4.78. The molecule has 0 unspecified atom stereocenters. The molecule has 7 heteroatoms. The SMILES string of the molecule is COc1ccccc1N1CC[NH+](CC(=O)N(C)Cc2nc3ccccc3s2)CC1. The highest BCUT2D eigenvalue weighted by atomic mass is 32.1. The van der Waals surface area contributed by atoms with E-state index in [1.165, 1.54) is 9.60 Å². The summed E-state index contributed by atoms with van der Waals surface area (Å²) in [6.45, 7) is 4.83. The Balaban J connectivity index is 1.30. The molecule has 29 heavy (non-hydrogen) atoms. The predicted molar refractivity (Wildman–Crippen MR) is 117 cm³/mol. The number of anilines is 1. The first-order valence-electron chi connectivity index (χ1n) is 9.94. The Labute approximate surface area is 175 Å². The Hall–Kier alpha value is -2.64. The standard InChI is InChI=1S/C22H26N4O2S/c1-24(15-21-23-17-7-3-6-10-20(17)29-21)22(27)16-25-11-13-26(14-12-25)18-8-4-5-9-19(18)28-2/h3-10H,11-16H2,1-2H3/p+1. The number of fused-ring (bicyclic) bond motifs is 1. The molecule has 2 aromatic carbocycles. The molecule has 0 spiro atoms. The molecule has 2 heterocycles. The molecule has 4 rings (SSSR count). The zero-order valence-electron chi connectivity index (χ0n) is 16.9. The van der Waals surface area contributed by atoms with E-state index in [0.29, 0.717) is 13.1 Å². The summed E-state index contributed by atoms with van der Waals surface area (Å²) < 4.78 is 6.65. The minimum atomic E-state index is 0.171. The van der Waals surface area contributed by atoms with Crippen LogP contribution in [0.15, 0.2) is 48.5 Å². The lowest BCUT2D eigenvalue weighted by atomic mass is 10.2. The second kappa shape index (κ2) is 8.80. The van der Waals surface area contributed by atoms with Crippen molar-refractivity contribution in [1.82, 2.24) is 9.88 Å². The summed E-state index contributed by atoms with van der Waals surface area (Å²) in [7, 11) is 3.58. The van der Waals surface area contributed by atoms with Gasteiger partial charge >= 0.3 is 0 Å². The quantitative estimate of drug-likeness (QED) is 0.671. The summed E-state index contributed by atoms with van der Waals surface area (Å²) in [6.07, 6.45) is 0. The van der Waals surface area contributed by atoms with Crippen LogP contribution in [-0.4, -0.2) is 62.7 Å². The molecule has 1 N–H and O–H groups in total. The van der Waals surface area contributed by atoms with Crippen molar-refractivity contribution in [2.45, 2.75) is 6.54 Å². The number of nitrogens with one attached hydrogen (secondary N) is 1. The monoisotopic (exact) mass is 411 g/mol. The van der Waals surface area contributed by atoms with Gasteiger partial charge in [-0.1, -0.05) is 24.3 Å². The van der Waals surface area contributed by atoms with Crippen LogP contribution in [0, 0.1) is 0 Å². The van der Waals surface area contributed by atoms with Gasteiger partial charge in [-0.2, -0.15) is 0 Å². The molecule has 1 amide bonds. The number of hydrogen-bond donors (Lipinski definition) is 1. The molecular weight excluding hydrogens is 384 g/mol. The lowest BCUT2D eigenvalue weighted by molar-refractivity contribution is -0.892. The number of rotatable bonds is 6. The number of amides is 1. The average molecular weight is 412 g/mol. The zero-order valence-corrected chi connectivity index (χ0v) is 17.7. The van der Waals surface area contributed by atoms with Crippen molar-refractivity contribution in [3.63, 3.8) is 0 Å². The molecule has 3 aromatic rings. The molecule has 0 atom stereocenters. The normalized spacial score (nSPS) is 14.9. The third-order valence-electron chi connectivity index (χ3n) is 5.43. The van der Waals surface area contributed by atoms with Crippen LogP contribution in [0.4, 0.5) is 5.69 Å². The van der Waals surface area contributed by atoms with Gasteiger partial charge in [0.1, 0.15) is 10.8 Å². The van der Waals surface area contributed by atoms with Crippen molar-refractivity contribution in [1.29, 1.82) is 0 Å². The Bertz CT molecular complexity index is 949. The maximum Gasteiger partial charge on any atom is 0.277 e. The molecule has 0 saturated carbocycles. The lowest BCUT2D eigenvalue weighted by Gasteiger charge is -2.34. The van der Waals surface area contributed by atoms with Crippen LogP contribution >= 0.6 is 11.3 Å². The number of piperazine rings is 1. The number of hydrogen-bond acceptors (Lipinski definition) is 5. The van der Waals surface area contributed by atoms with Crippen molar-refractivity contribution in [2.24, 2.45) is 0 Å². The van der Waals surface area contributed by atoms with E-state index in [9.17, 15) is 4.79 Å². The number of quaternary nitrogens is 1. The van der Waals surface area contributed by atoms with Gasteiger partial charge in [0.05, 0.1) is 55.7 Å². The van der Waals surface area contributed by atoms with Gasteiger partial charge in [-0.15, -0.1) is 11.3 Å². The van der Waals surface area contributed by atoms with Crippen LogP contribution in [0.1, 0.15) is 5.01 Å². The number of benzene rings is 2. The molecule has 0 aliphatic carbocycles. The Morgan fingerprint density at radius 2 is 1.90 bits per heavy atom. The first-order chi connectivity index (χ1) is 14.1. The smallest absolute Gasteiger partial charge is 0.277 e. The lowest BCUT2D eigenvalue weighted by Crippen LogP contribution is -3.15. The number of carbonyl (C=O) groups is 1. The molecule has 0 bridgehead atoms. The van der Waals surface area contributed by atoms with Gasteiger partial charge in [0.2, 0.25) is 0 Å². The second-order valence-electron chi connectivity index (χ2n) is 7.41. The molecule has 1 aromatic heterocycles. The van der Waals surface area contributed by atoms with Crippen LogP contribution < -0.4 is 14.5 Å². The van der Waals surface area contributed by atoms with E-state index in [1.54, 1.807) is 23.3 Å². The summed E-state index contributed by atoms with van der Waals surface area (Å²) in [5.74, 6) is 1.08. The zero-order chi connectivity index (χ0) is 20.2. The molecule has 0 radical (unpaired) electrons. The van der Waals surface area contributed by atoms with Crippen molar-refractivity contribution in [3.8, 4) is 5.75 Å². The van der Waals surface area contributed by atoms with Crippen LogP contribution in [0.5, 0.6) is 5.75 Å². The van der Waals surface area contributed by atoms with E-state index in [-0.39, 0.29) is 5.91 Å². The molecule has 6 nitrogen and oxygen atoms in total. The molecule has 1 aliphatic heterocycles. The third-order valence-corrected chi connectivity index (χ3v) is 6.46. The maximum absolute atomic E-state index is 12.7. The van der Waals surface area contributed by atoms with Crippen LogP contribution in [0.3, 0.4) is 0 Å².